The molecule has 2 unspecified atom stereocenters. The van der Waals surface area contributed by atoms with E-state index in [1.807, 2.05) is 11.0 Å². The van der Waals surface area contributed by atoms with Crippen LogP contribution in [0.2, 0.25) is 0 Å². The summed E-state index contributed by atoms with van der Waals surface area (Å²) < 4.78 is 0. The minimum Gasteiger partial charge on any atom is -0.481 e. The highest BCUT2D eigenvalue weighted by atomic mass is 16.4. The number of rotatable bonds is 5. The molecule has 2 aromatic heterocycles. The van der Waals surface area contributed by atoms with E-state index in [2.05, 4.69) is 25.5 Å². The van der Waals surface area contributed by atoms with Crippen molar-refractivity contribution in [1.82, 2.24) is 20.2 Å². The van der Waals surface area contributed by atoms with Gasteiger partial charge in [-0.3, -0.25) is 9.89 Å². The van der Waals surface area contributed by atoms with E-state index >= 15 is 0 Å². The topological polar surface area (TPSA) is 107 Å². The molecule has 3 N–H and O–H groups in total. The first kappa shape index (κ1) is 14.7. The Morgan fingerprint density at radius 2 is 2.24 bits per heavy atom. The number of carboxylic acids is 1. The number of carboxylic acid groups (broad SMARTS) is 1. The van der Waals surface area contributed by atoms with Crippen molar-refractivity contribution in [2.75, 3.05) is 16.8 Å². The van der Waals surface area contributed by atoms with Gasteiger partial charge in [-0.1, -0.05) is 0 Å². The third-order valence-corrected chi connectivity index (χ3v) is 5.72. The van der Waals surface area contributed by atoms with Crippen molar-refractivity contribution in [2.24, 2.45) is 5.41 Å². The maximum atomic E-state index is 11.6. The quantitative estimate of drug-likeness (QED) is 0.766. The van der Waals surface area contributed by atoms with Crippen molar-refractivity contribution in [3.05, 3.63) is 24.0 Å². The number of anilines is 3. The van der Waals surface area contributed by atoms with Crippen LogP contribution in [0.15, 0.2) is 18.3 Å². The number of aromatic nitrogens is 4. The molecule has 0 aromatic carbocycles. The molecule has 2 aromatic rings. The lowest BCUT2D eigenvalue weighted by Crippen LogP contribution is -2.39. The van der Waals surface area contributed by atoms with Crippen LogP contribution in [0.3, 0.4) is 0 Å². The van der Waals surface area contributed by atoms with E-state index < -0.39 is 11.4 Å². The summed E-state index contributed by atoms with van der Waals surface area (Å²) in [7, 11) is 0. The first-order valence-electron chi connectivity index (χ1n) is 8.78. The highest BCUT2D eigenvalue weighted by Crippen LogP contribution is 2.48. The zero-order valence-corrected chi connectivity index (χ0v) is 13.8. The Morgan fingerprint density at radius 3 is 3.00 bits per heavy atom. The predicted molar refractivity (Wildman–Crippen MR) is 90.9 cm³/mol. The first-order chi connectivity index (χ1) is 12.1. The second kappa shape index (κ2) is 5.18. The van der Waals surface area contributed by atoms with Crippen LogP contribution in [0.1, 0.15) is 43.7 Å². The first-order valence-corrected chi connectivity index (χ1v) is 8.78. The molecule has 3 aliphatic rings. The summed E-state index contributed by atoms with van der Waals surface area (Å²) in [6.45, 7) is 0.491. The minimum atomic E-state index is -0.698. The van der Waals surface area contributed by atoms with Gasteiger partial charge in [-0.15, -0.1) is 0 Å². The molecule has 25 heavy (non-hydrogen) atoms. The minimum absolute atomic E-state index is 0.221. The number of carbonyl (C=O) groups is 1. The molecule has 1 saturated heterocycles. The van der Waals surface area contributed by atoms with Gasteiger partial charge < -0.3 is 15.3 Å². The molecular weight excluding hydrogens is 320 g/mol. The maximum absolute atomic E-state index is 11.6. The van der Waals surface area contributed by atoms with E-state index in [1.165, 1.54) is 12.8 Å². The van der Waals surface area contributed by atoms with Crippen LogP contribution in [0, 0.1) is 5.41 Å². The smallest absolute Gasteiger partial charge is 0.311 e. The van der Waals surface area contributed by atoms with Gasteiger partial charge in [0.2, 0.25) is 5.95 Å². The molecule has 1 aliphatic heterocycles. The Kier molecular flexibility index (Phi) is 3.04. The van der Waals surface area contributed by atoms with Crippen LogP contribution in [0.25, 0.3) is 0 Å². The van der Waals surface area contributed by atoms with Crippen LogP contribution in [0.5, 0.6) is 0 Å². The Labute approximate surface area is 144 Å². The summed E-state index contributed by atoms with van der Waals surface area (Å²) in [6, 6.07) is 4.05. The highest BCUT2D eigenvalue weighted by molar-refractivity contribution is 5.77. The van der Waals surface area contributed by atoms with Gasteiger partial charge in [0.15, 0.2) is 5.82 Å². The number of nitrogens with zero attached hydrogens (tertiary/aromatic N) is 4. The lowest BCUT2D eigenvalue weighted by atomic mass is 9.88. The highest BCUT2D eigenvalue weighted by Gasteiger charge is 2.55. The largest absolute Gasteiger partial charge is 0.481 e. The van der Waals surface area contributed by atoms with Crippen molar-refractivity contribution < 1.29 is 9.90 Å². The third-order valence-electron chi connectivity index (χ3n) is 5.72. The van der Waals surface area contributed by atoms with Crippen molar-refractivity contribution in [3.8, 4) is 0 Å². The summed E-state index contributed by atoms with van der Waals surface area (Å²) in [5.41, 5.74) is 0.538. The summed E-state index contributed by atoms with van der Waals surface area (Å²) >= 11 is 0. The summed E-state index contributed by atoms with van der Waals surface area (Å²) in [6.07, 6.45) is 6.48. The number of aliphatic carboxylic acids is 1. The number of piperidine rings is 1. The number of hydrogen-bond donors (Lipinski definition) is 3. The number of nitrogens with one attached hydrogen (secondary N) is 2. The van der Waals surface area contributed by atoms with Crippen molar-refractivity contribution >= 4 is 23.6 Å². The van der Waals surface area contributed by atoms with Crippen LogP contribution in [-0.2, 0) is 4.79 Å². The fourth-order valence-electron chi connectivity index (χ4n) is 4.15. The molecule has 2 aliphatic carbocycles. The molecule has 3 fully saturated rings. The lowest BCUT2D eigenvalue weighted by Gasteiger charge is -2.30. The molecule has 130 valence electrons. The number of fused-ring (bicyclic) bond motifs is 2. The molecular formula is C17H20N6O2. The molecule has 0 amide bonds. The lowest BCUT2D eigenvalue weighted by molar-refractivity contribution is -0.147. The molecule has 5 rings (SSSR count). The van der Waals surface area contributed by atoms with Crippen molar-refractivity contribution in [1.29, 1.82) is 0 Å². The van der Waals surface area contributed by atoms with E-state index in [-0.39, 0.29) is 6.04 Å². The average molecular weight is 340 g/mol. The van der Waals surface area contributed by atoms with Gasteiger partial charge in [0.05, 0.1) is 5.41 Å². The Bertz CT molecular complexity index is 832. The van der Waals surface area contributed by atoms with E-state index in [4.69, 9.17) is 0 Å². The van der Waals surface area contributed by atoms with Gasteiger partial charge in [-0.2, -0.15) is 10.1 Å². The van der Waals surface area contributed by atoms with Crippen molar-refractivity contribution in [3.63, 3.8) is 0 Å². The number of hydrogen-bond acceptors (Lipinski definition) is 6. The molecule has 2 saturated carbocycles. The number of H-pyrrole nitrogens is 1. The fraction of sp³-hybridized carbons (Fsp3) is 0.529. The monoisotopic (exact) mass is 340 g/mol. The second-order valence-electron chi connectivity index (χ2n) is 7.46. The Morgan fingerprint density at radius 1 is 1.36 bits per heavy atom. The average Bonchev–Trinajstić information content (AvgIpc) is 3.06. The Balaban J connectivity index is 1.35. The molecule has 3 heterocycles. The predicted octanol–water partition coefficient (Wildman–Crippen LogP) is 2.26. The molecule has 8 nitrogen and oxygen atoms in total. The van der Waals surface area contributed by atoms with Gasteiger partial charge in [0.1, 0.15) is 5.82 Å². The fourth-order valence-corrected chi connectivity index (χ4v) is 4.15. The second-order valence-corrected chi connectivity index (χ2v) is 7.46. The van der Waals surface area contributed by atoms with Gasteiger partial charge in [0, 0.05) is 36.5 Å². The van der Waals surface area contributed by atoms with Gasteiger partial charge in [-0.05, 0) is 38.2 Å². The van der Waals surface area contributed by atoms with Crippen LogP contribution < -0.4 is 10.2 Å². The van der Waals surface area contributed by atoms with Gasteiger partial charge in [-0.25, -0.2) is 4.98 Å². The van der Waals surface area contributed by atoms with Gasteiger partial charge in [0.25, 0.3) is 0 Å². The molecule has 2 atom stereocenters. The summed E-state index contributed by atoms with van der Waals surface area (Å²) in [5, 5.41) is 20.1. The van der Waals surface area contributed by atoms with Crippen LogP contribution in [-0.4, -0.2) is 43.8 Å². The van der Waals surface area contributed by atoms with E-state index in [0.717, 1.165) is 24.4 Å². The van der Waals surface area contributed by atoms with E-state index in [9.17, 15) is 9.90 Å². The zero-order chi connectivity index (χ0) is 17.0. The zero-order valence-electron chi connectivity index (χ0n) is 13.8. The van der Waals surface area contributed by atoms with Crippen LogP contribution in [0.4, 0.5) is 17.6 Å². The van der Waals surface area contributed by atoms with E-state index in [1.54, 1.807) is 12.3 Å². The molecule has 0 radical (unpaired) electrons. The molecule has 2 bridgehead atoms. The normalized spacial score (nSPS) is 27.7. The summed E-state index contributed by atoms with van der Waals surface area (Å²) in [4.78, 5) is 22.6. The SMILES string of the molecule is O=C(O)C12CCC(C1)N(c1nccc(Nc3cc(C4CC4)[nH]n3)n1)C2. The van der Waals surface area contributed by atoms with Gasteiger partial charge >= 0.3 is 5.97 Å². The molecule has 0 spiro atoms. The third kappa shape index (κ3) is 2.43. The van der Waals surface area contributed by atoms with Crippen LogP contribution >= 0.6 is 0 Å². The molecule has 8 heteroatoms. The van der Waals surface area contributed by atoms with E-state index in [0.29, 0.717) is 30.6 Å². The Hall–Kier alpha value is -2.64. The maximum Gasteiger partial charge on any atom is 0.311 e. The number of aromatic amines is 1. The standard InChI is InChI=1S/C17H20N6O2/c24-15(25)17-5-3-11(8-17)23(9-17)16-18-6-4-13(20-16)19-14-7-12(21-22-14)10-1-2-10/h4,6-7,10-11H,1-3,5,8-9H2,(H,24,25)(H2,18,19,20,21,22). The van der Waals surface area contributed by atoms with Crippen molar-refractivity contribution in [2.45, 2.75) is 44.1 Å². The summed E-state index contributed by atoms with van der Waals surface area (Å²) in [5.74, 6) is 1.94.